The van der Waals surface area contributed by atoms with Crippen LogP contribution in [-0.4, -0.2) is 13.2 Å². The molecule has 0 aliphatic carbocycles. The maximum Gasteiger partial charge on any atom is 0.186 e. The van der Waals surface area contributed by atoms with Gasteiger partial charge in [0.2, 0.25) is 0 Å². The largest absolute Gasteiger partial charge is 0.346 e. The molecule has 84 valence electrons. The lowest BCUT2D eigenvalue weighted by Crippen LogP contribution is -2.06. The van der Waals surface area contributed by atoms with Gasteiger partial charge in [0.1, 0.15) is 17.7 Å². The molecule has 0 aromatic heterocycles. The van der Waals surface area contributed by atoms with Crippen molar-refractivity contribution in [2.45, 2.75) is 13.2 Å². The second kappa shape index (κ2) is 4.16. The first-order valence-electron chi connectivity index (χ1n) is 4.77. The van der Waals surface area contributed by atoms with Gasteiger partial charge in [-0.15, -0.1) is 0 Å². The Morgan fingerprint density at radius 3 is 2.50 bits per heavy atom. The first kappa shape index (κ1) is 11.0. The molecule has 0 amide bonds. The topological polar surface area (TPSA) is 42.2 Å². The van der Waals surface area contributed by atoms with Crippen molar-refractivity contribution in [2.24, 2.45) is 0 Å². The van der Waals surface area contributed by atoms with E-state index in [9.17, 15) is 8.78 Å². The highest BCUT2D eigenvalue weighted by Gasteiger charge is 2.25. The molecule has 0 radical (unpaired) electrons. The van der Waals surface area contributed by atoms with Crippen LogP contribution in [0.15, 0.2) is 6.07 Å². The van der Waals surface area contributed by atoms with E-state index in [1.165, 1.54) is 6.92 Å². The lowest BCUT2D eigenvalue weighted by atomic mass is 10.0. The number of rotatable bonds is 1. The van der Waals surface area contributed by atoms with Crippen LogP contribution in [0, 0.1) is 29.9 Å². The van der Waals surface area contributed by atoms with Gasteiger partial charge < -0.3 is 9.47 Å². The van der Waals surface area contributed by atoms with Gasteiger partial charge in [0.15, 0.2) is 6.29 Å². The maximum absolute atomic E-state index is 13.7. The molecule has 2 rings (SSSR count). The molecule has 0 atom stereocenters. The molecule has 1 aliphatic heterocycles. The Balaban J connectivity index is 2.53. The highest BCUT2D eigenvalue weighted by molar-refractivity contribution is 5.40. The van der Waals surface area contributed by atoms with Gasteiger partial charge in [0, 0.05) is 11.1 Å². The summed E-state index contributed by atoms with van der Waals surface area (Å²) in [6.45, 7) is 2.01. The van der Waals surface area contributed by atoms with Crippen molar-refractivity contribution in [3.8, 4) is 6.07 Å². The molecule has 0 bridgehead atoms. The zero-order valence-corrected chi connectivity index (χ0v) is 8.59. The molecule has 1 heterocycles. The third-order valence-electron chi connectivity index (χ3n) is 2.44. The van der Waals surface area contributed by atoms with E-state index in [-0.39, 0.29) is 16.7 Å². The lowest BCUT2D eigenvalue weighted by molar-refractivity contribution is -0.0466. The fourth-order valence-corrected chi connectivity index (χ4v) is 1.59. The van der Waals surface area contributed by atoms with E-state index in [1.807, 2.05) is 0 Å². The minimum Gasteiger partial charge on any atom is -0.346 e. The van der Waals surface area contributed by atoms with Crippen LogP contribution in [0.5, 0.6) is 0 Å². The number of hydrogen-bond acceptors (Lipinski definition) is 3. The third kappa shape index (κ3) is 1.66. The van der Waals surface area contributed by atoms with E-state index in [2.05, 4.69) is 0 Å². The third-order valence-corrected chi connectivity index (χ3v) is 2.44. The first-order valence-corrected chi connectivity index (χ1v) is 4.77. The lowest BCUT2D eigenvalue weighted by Gasteiger charge is -2.13. The molecule has 0 unspecified atom stereocenters. The quantitative estimate of drug-likeness (QED) is 0.735. The van der Waals surface area contributed by atoms with Gasteiger partial charge in [-0.05, 0) is 13.0 Å². The molecule has 3 nitrogen and oxygen atoms in total. The molecule has 0 N–H and O–H groups in total. The van der Waals surface area contributed by atoms with Crippen molar-refractivity contribution in [3.05, 3.63) is 34.4 Å². The number of benzene rings is 1. The summed E-state index contributed by atoms with van der Waals surface area (Å²) in [7, 11) is 0. The zero-order valence-electron chi connectivity index (χ0n) is 8.59. The molecule has 0 spiro atoms. The molecule has 1 saturated heterocycles. The van der Waals surface area contributed by atoms with Gasteiger partial charge in [-0.3, -0.25) is 0 Å². The fourth-order valence-electron chi connectivity index (χ4n) is 1.59. The van der Waals surface area contributed by atoms with Crippen LogP contribution in [0.3, 0.4) is 0 Å². The van der Waals surface area contributed by atoms with Crippen molar-refractivity contribution < 1.29 is 18.3 Å². The number of halogens is 2. The van der Waals surface area contributed by atoms with Crippen molar-refractivity contribution in [2.75, 3.05) is 13.2 Å². The van der Waals surface area contributed by atoms with E-state index < -0.39 is 17.9 Å². The molecule has 1 aliphatic rings. The van der Waals surface area contributed by atoms with E-state index in [1.54, 1.807) is 6.07 Å². The molecular formula is C11H9F2NO2. The second-order valence-electron chi connectivity index (χ2n) is 3.45. The van der Waals surface area contributed by atoms with E-state index >= 15 is 0 Å². The van der Waals surface area contributed by atoms with Gasteiger partial charge in [0.25, 0.3) is 0 Å². The predicted octanol–water partition coefficient (Wildman–Crippen LogP) is 2.19. The maximum atomic E-state index is 13.7. The number of nitrogens with zero attached hydrogens (tertiary/aromatic N) is 1. The van der Waals surface area contributed by atoms with Gasteiger partial charge in [-0.1, -0.05) is 0 Å². The van der Waals surface area contributed by atoms with E-state index in [4.69, 9.17) is 14.7 Å². The summed E-state index contributed by atoms with van der Waals surface area (Å²) in [5, 5.41) is 8.71. The van der Waals surface area contributed by atoms with Crippen LogP contribution in [0.1, 0.15) is 23.0 Å². The Bertz CT molecular complexity index is 462. The highest BCUT2D eigenvalue weighted by atomic mass is 19.1. The van der Waals surface area contributed by atoms with Crippen molar-refractivity contribution in [3.63, 3.8) is 0 Å². The predicted molar refractivity (Wildman–Crippen MR) is 50.5 cm³/mol. The van der Waals surface area contributed by atoms with Gasteiger partial charge in [0.05, 0.1) is 18.8 Å². The van der Waals surface area contributed by atoms with Gasteiger partial charge in [-0.2, -0.15) is 5.26 Å². The van der Waals surface area contributed by atoms with Gasteiger partial charge in [-0.25, -0.2) is 8.78 Å². The summed E-state index contributed by atoms with van der Waals surface area (Å²) >= 11 is 0. The average molecular weight is 225 g/mol. The minimum atomic E-state index is -0.841. The molecule has 1 aromatic rings. The first-order chi connectivity index (χ1) is 7.65. The second-order valence-corrected chi connectivity index (χ2v) is 3.45. The van der Waals surface area contributed by atoms with Crippen LogP contribution in [0.4, 0.5) is 8.78 Å². The summed E-state index contributed by atoms with van der Waals surface area (Å²) in [6, 6.07) is 2.81. The molecule has 1 aromatic carbocycles. The number of ether oxygens (including phenoxy) is 2. The van der Waals surface area contributed by atoms with Crippen molar-refractivity contribution >= 4 is 0 Å². The SMILES string of the molecule is Cc1c(F)c(C#N)cc(C2OCCO2)c1F. The van der Waals surface area contributed by atoms with Crippen molar-refractivity contribution in [1.29, 1.82) is 5.26 Å². The Hall–Kier alpha value is -1.51. The average Bonchev–Trinajstić information content (AvgIpc) is 2.80. The minimum absolute atomic E-state index is 0.0768. The number of nitriles is 1. The molecule has 0 saturated carbocycles. The standard InChI is InChI=1S/C11H9F2NO2/c1-6-9(12)7(5-14)4-8(10(6)13)11-15-2-3-16-11/h4,11H,2-3H2,1H3. The Kier molecular flexibility index (Phi) is 2.86. The van der Waals surface area contributed by atoms with E-state index in [0.29, 0.717) is 13.2 Å². The summed E-state index contributed by atoms with van der Waals surface area (Å²) < 4.78 is 37.3. The molecule has 1 fully saturated rings. The van der Waals surface area contributed by atoms with Gasteiger partial charge >= 0.3 is 0 Å². The smallest absolute Gasteiger partial charge is 0.186 e. The zero-order chi connectivity index (χ0) is 11.7. The summed E-state index contributed by atoms with van der Waals surface area (Å²) in [5.41, 5.74) is -0.311. The molecule has 5 heteroatoms. The summed E-state index contributed by atoms with van der Waals surface area (Å²) in [4.78, 5) is 0. The highest BCUT2D eigenvalue weighted by Crippen LogP contribution is 2.29. The number of hydrogen-bond donors (Lipinski definition) is 0. The van der Waals surface area contributed by atoms with E-state index in [0.717, 1.165) is 6.07 Å². The normalized spacial score (nSPS) is 16.4. The van der Waals surface area contributed by atoms with Crippen molar-refractivity contribution in [1.82, 2.24) is 0 Å². The van der Waals surface area contributed by atoms with Crippen LogP contribution < -0.4 is 0 Å². The monoisotopic (exact) mass is 225 g/mol. The van der Waals surface area contributed by atoms with Crippen LogP contribution in [0.2, 0.25) is 0 Å². The summed E-state index contributed by atoms with van der Waals surface area (Å²) in [5.74, 6) is -1.55. The Morgan fingerprint density at radius 1 is 1.31 bits per heavy atom. The van der Waals surface area contributed by atoms with Crippen LogP contribution >= 0.6 is 0 Å². The van der Waals surface area contributed by atoms with Crippen LogP contribution in [0.25, 0.3) is 0 Å². The fraction of sp³-hybridized carbons (Fsp3) is 0.364. The molecule has 16 heavy (non-hydrogen) atoms. The molecular weight excluding hydrogens is 216 g/mol. The van der Waals surface area contributed by atoms with Crippen LogP contribution in [-0.2, 0) is 9.47 Å². The summed E-state index contributed by atoms with van der Waals surface area (Å²) in [6.07, 6.45) is -0.841. The Labute approximate surface area is 91.2 Å². The Morgan fingerprint density at radius 2 is 1.94 bits per heavy atom.